The second-order valence-corrected chi connectivity index (χ2v) is 5.37. The highest BCUT2D eigenvalue weighted by Crippen LogP contribution is 2.22. The van der Waals surface area contributed by atoms with E-state index in [4.69, 9.17) is 0 Å². The number of likely N-dealkylation sites (tertiary alicyclic amines) is 1. The molecule has 0 saturated carbocycles. The van der Waals surface area contributed by atoms with Gasteiger partial charge in [0, 0.05) is 18.5 Å². The van der Waals surface area contributed by atoms with Crippen molar-refractivity contribution < 1.29 is 9.59 Å². The zero-order chi connectivity index (χ0) is 11.6. The molecule has 0 spiro atoms. The Kier molecular flexibility index (Phi) is 3.53. The van der Waals surface area contributed by atoms with Gasteiger partial charge in [-0.2, -0.15) is 0 Å². The lowest BCUT2D eigenvalue weighted by Crippen LogP contribution is -2.40. The molecule has 0 radical (unpaired) electrons. The van der Waals surface area contributed by atoms with Crippen molar-refractivity contribution >= 4 is 11.7 Å². The summed E-state index contributed by atoms with van der Waals surface area (Å²) in [6.45, 7) is 8.96. The molecule has 1 atom stereocenters. The molecule has 0 N–H and O–H groups in total. The quantitative estimate of drug-likeness (QED) is 0.654. The number of nitrogens with zero attached hydrogens (tertiary/aromatic N) is 1. The molecule has 1 heterocycles. The van der Waals surface area contributed by atoms with Gasteiger partial charge in [-0.1, -0.05) is 20.8 Å². The Morgan fingerprint density at radius 3 is 2.00 bits per heavy atom. The number of hydrogen-bond donors (Lipinski definition) is 0. The molecular weight excluding hydrogens is 190 g/mol. The van der Waals surface area contributed by atoms with Gasteiger partial charge in [0.15, 0.2) is 0 Å². The molecule has 1 aliphatic heterocycles. The van der Waals surface area contributed by atoms with E-state index in [1.54, 1.807) is 6.92 Å². The van der Waals surface area contributed by atoms with Crippen molar-refractivity contribution in [3.63, 3.8) is 0 Å². The number of amides is 1. The largest absolute Gasteiger partial charge is 0.342 e. The summed E-state index contributed by atoms with van der Waals surface area (Å²) in [4.78, 5) is 25.7. The molecule has 1 amide bonds. The highest BCUT2D eigenvalue weighted by Gasteiger charge is 2.34. The maximum atomic E-state index is 11.9. The van der Waals surface area contributed by atoms with E-state index in [2.05, 4.69) is 0 Å². The average Bonchev–Trinajstić information content (AvgIpc) is 2.65. The van der Waals surface area contributed by atoms with Crippen molar-refractivity contribution in [1.82, 2.24) is 4.90 Å². The van der Waals surface area contributed by atoms with Gasteiger partial charge in [-0.3, -0.25) is 9.59 Å². The van der Waals surface area contributed by atoms with E-state index in [1.165, 1.54) is 0 Å². The summed E-state index contributed by atoms with van der Waals surface area (Å²) >= 11 is 0. The van der Waals surface area contributed by atoms with E-state index in [0.29, 0.717) is 0 Å². The first-order valence-electron chi connectivity index (χ1n) is 5.67. The predicted octanol–water partition coefficient (Wildman–Crippen LogP) is 1.86. The minimum atomic E-state index is -0.483. The Bertz CT molecular complexity index is 259. The Balaban J connectivity index is 2.63. The molecule has 1 saturated heterocycles. The molecule has 1 aliphatic rings. The van der Waals surface area contributed by atoms with E-state index in [-0.39, 0.29) is 11.7 Å². The summed E-state index contributed by atoms with van der Waals surface area (Å²) in [6, 6.07) is 0. The van der Waals surface area contributed by atoms with Gasteiger partial charge in [0.05, 0.1) is 5.92 Å². The van der Waals surface area contributed by atoms with E-state index in [0.717, 1.165) is 25.9 Å². The first kappa shape index (κ1) is 12.2. The van der Waals surface area contributed by atoms with E-state index in [9.17, 15) is 9.59 Å². The molecule has 0 aromatic rings. The normalized spacial score (nSPS) is 19.1. The second-order valence-electron chi connectivity index (χ2n) is 5.37. The van der Waals surface area contributed by atoms with Crippen LogP contribution >= 0.6 is 0 Å². The summed E-state index contributed by atoms with van der Waals surface area (Å²) in [5.41, 5.74) is -0.422. The SMILES string of the molecule is CC(C(=O)N1CCCC1)C(=O)C(C)(C)C. The summed E-state index contributed by atoms with van der Waals surface area (Å²) in [5, 5.41) is 0. The van der Waals surface area contributed by atoms with Crippen LogP contribution in [0.1, 0.15) is 40.5 Å². The summed E-state index contributed by atoms with van der Waals surface area (Å²) < 4.78 is 0. The van der Waals surface area contributed by atoms with Gasteiger partial charge >= 0.3 is 0 Å². The van der Waals surface area contributed by atoms with Gasteiger partial charge in [0.2, 0.25) is 5.91 Å². The number of hydrogen-bond acceptors (Lipinski definition) is 2. The lowest BCUT2D eigenvalue weighted by atomic mass is 9.83. The monoisotopic (exact) mass is 211 g/mol. The molecule has 0 bridgehead atoms. The van der Waals surface area contributed by atoms with Crippen molar-refractivity contribution in [2.75, 3.05) is 13.1 Å². The number of carbonyl (C=O) groups is 2. The maximum Gasteiger partial charge on any atom is 0.232 e. The van der Waals surface area contributed by atoms with Gasteiger partial charge in [-0.15, -0.1) is 0 Å². The van der Waals surface area contributed by atoms with Crippen LogP contribution in [0.3, 0.4) is 0 Å². The lowest BCUT2D eigenvalue weighted by Gasteiger charge is -2.25. The number of ketones is 1. The summed E-state index contributed by atoms with van der Waals surface area (Å²) in [5.74, 6) is -0.435. The molecule has 0 aliphatic carbocycles. The van der Waals surface area contributed by atoms with Gasteiger partial charge in [0.1, 0.15) is 5.78 Å². The molecule has 1 fully saturated rings. The van der Waals surface area contributed by atoms with Crippen LogP contribution < -0.4 is 0 Å². The van der Waals surface area contributed by atoms with Crippen LogP contribution in [0.5, 0.6) is 0 Å². The van der Waals surface area contributed by atoms with Crippen LogP contribution in [0.2, 0.25) is 0 Å². The molecule has 0 aromatic carbocycles. The Morgan fingerprint density at radius 2 is 1.60 bits per heavy atom. The van der Waals surface area contributed by atoms with E-state index >= 15 is 0 Å². The van der Waals surface area contributed by atoms with Crippen LogP contribution in [-0.2, 0) is 9.59 Å². The molecule has 0 aromatic heterocycles. The lowest BCUT2D eigenvalue weighted by molar-refractivity contribution is -0.143. The van der Waals surface area contributed by atoms with Crippen molar-refractivity contribution in [3.8, 4) is 0 Å². The fraction of sp³-hybridized carbons (Fsp3) is 0.833. The van der Waals surface area contributed by atoms with E-state index in [1.807, 2.05) is 25.7 Å². The van der Waals surface area contributed by atoms with Crippen LogP contribution in [0.4, 0.5) is 0 Å². The van der Waals surface area contributed by atoms with Crippen molar-refractivity contribution in [2.45, 2.75) is 40.5 Å². The number of rotatable bonds is 2. The fourth-order valence-electron chi connectivity index (χ4n) is 1.97. The average molecular weight is 211 g/mol. The van der Waals surface area contributed by atoms with Gasteiger partial charge in [-0.05, 0) is 19.8 Å². The van der Waals surface area contributed by atoms with Crippen LogP contribution in [-0.4, -0.2) is 29.7 Å². The van der Waals surface area contributed by atoms with Crippen LogP contribution in [0, 0.1) is 11.3 Å². The zero-order valence-corrected chi connectivity index (χ0v) is 10.2. The Labute approximate surface area is 91.8 Å². The van der Waals surface area contributed by atoms with Crippen molar-refractivity contribution in [3.05, 3.63) is 0 Å². The maximum absolute atomic E-state index is 11.9. The van der Waals surface area contributed by atoms with Crippen molar-refractivity contribution in [1.29, 1.82) is 0 Å². The predicted molar refractivity (Wildman–Crippen MR) is 59.4 cm³/mol. The smallest absolute Gasteiger partial charge is 0.232 e. The minimum Gasteiger partial charge on any atom is -0.342 e. The first-order chi connectivity index (χ1) is 6.84. The summed E-state index contributed by atoms with van der Waals surface area (Å²) in [7, 11) is 0. The second kappa shape index (κ2) is 4.33. The third-order valence-corrected chi connectivity index (χ3v) is 2.92. The summed E-state index contributed by atoms with van der Waals surface area (Å²) in [6.07, 6.45) is 2.14. The first-order valence-corrected chi connectivity index (χ1v) is 5.67. The third kappa shape index (κ3) is 2.80. The number of carbonyl (C=O) groups excluding carboxylic acids is 2. The highest BCUT2D eigenvalue weighted by molar-refractivity contribution is 6.03. The highest BCUT2D eigenvalue weighted by atomic mass is 16.2. The van der Waals surface area contributed by atoms with Crippen LogP contribution in [0.15, 0.2) is 0 Å². The minimum absolute atomic E-state index is 0.00688. The Hall–Kier alpha value is -0.860. The molecule has 15 heavy (non-hydrogen) atoms. The third-order valence-electron chi connectivity index (χ3n) is 2.92. The molecule has 3 heteroatoms. The van der Waals surface area contributed by atoms with Gasteiger partial charge in [0.25, 0.3) is 0 Å². The topological polar surface area (TPSA) is 37.4 Å². The number of Topliss-reactive ketones (excluding diaryl/α,β-unsaturated/α-hetero) is 1. The van der Waals surface area contributed by atoms with Gasteiger partial charge in [-0.25, -0.2) is 0 Å². The van der Waals surface area contributed by atoms with Crippen LogP contribution in [0.25, 0.3) is 0 Å². The van der Waals surface area contributed by atoms with E-state index < -0.39 is 11.3 Å². The molecule has 86 valence electrons. The fourth-order valence-corrected chi connectivity index (χ4v) is 1.97. The Morgan fingerprint density at radius 1 is 1.13 bits per heavy atom. The molecule has 1 rings (SSSR count). The zero-order valence-electron chi connectivity index (χ0n) is 10.2. The molecular formula is C12H21NO2. The standard InChI is InChI=1S/C12H21NO2/c1-9(10(14)12(2,3)4)11(15)13-7-5-6-8-13/h9H,5-8H2,1-4H3. The molecule has 1 unspecified atom stereocenters. The van der Waals surface area contributed by atoms with Crippen molar-refractivity contribution in [2.24, 2.45) is 11.3 Å². The molecule has 3 nitrogen and oxygen atoms in total. The van der Waals surface area contributed by atoms with Gasteiger partial charge < -0.3 is 4.90 Å².